The Balaban J connectivity index is 1.58. The van der Waals surface area contributed by atoms with Crippen LogP contribution in [0.25, 0.3) is 6.08 Å². The molecule has 32 heavy (non-hydrogen) atoms. The summed E-state index contributed by atoms with van der Waals surface area (Å²) >= 11 is 2.20. The highest BCUT2D eigenvalue weighted by Crippen LogP contribution is 2.30. The van der Waals surface area contributed by atoms with E-state index in [2.05, 4.69) is 27.6 Å². The van der Waals surface area contributed by atoms with Gasteiger partial charge in [-0.15, -0.1) is 0 Å². The molecule has 1 aliphatic heterocycles. The zero-order chi connectivity index (χ0) is 22.7. The molecule has 0 radical (unpaired) electrons. The van der Waals surface area contributed by atoms with Crippen molar-refractivity contribution in [3.63, 3.8) is 0 Å². The monoisotopic (exact) mass is 539 g/mol. The van der Waals surface area contributed by atoms with Crippen molar-refractivity contribution in [3.05, 3.63) is 98.3 Å². The van der Waals surface area contributed by atoms with Crippen LogP contribution in [0.2, 0.25) is 0 Å². The molecule has 0 N–H and O–H groups in total. The summed E-state index contributed by atoms with van der Waals surface area (Å²) < 4.78 is 17.3. The molecule has 1 heterocycles. The third-order valence-corrected chi connectivity index (χ3v) is 5.49. The first-order valence-corrected chi connectivity index (χ1v) is 10.8. The number of aryl methyl sites for hydroxylation is 1. The van der Waals surface area contributed by atoms with Gasteiger partial charge in [0.15, 0.2) is 17.2 Å². The molecule has 0 aliphatic carbocycles. The lowest BCUT2D eigenvalue weighted by Crippen LogP contribution is -2.10. The Labute approximate surface area is 198 Å². The van der Waals surface area contributed by atoms with Crippen molar-refractivity contribution in [2.24, 2.45) is 4.99 Å². The first-order valence-electron chi connectivity index (χ1n) is 9.69. The van der Waals surface area contributed by atoms with Gasteiger partial charge >= 0.3 is 11.9 Å². The number of nitrogens with zero attached hydrogens (tertiary/aromatic N) is 1. The van der Waals surface area contributed by atoms with E-state index in [1.807, 2.05) is 43.3 Å². The molecule has 0 spiro atoms. The van der Waals surface area contributed by atoms with Crippen LogP contribution in [0.4, 0.5) is 0 Å². The van der Waals surface area contributed by atoms with Crippen molar-refractivity contribution < 1.29 is 23.8 Å². The van der Waals surface area contributed by atoms with Crippen LogP contribution in [0.1, 0.15) is 27.0 Å². The molecule has 3 aromatic rings. The number of aliphatic imine (C=N–C) groups is 1. The van der Waals surface area contributed by atoms with Gasteiger partial charge in [-0.25, -0.2) is 14.6 Å². The Kier molecular flexibility index (Phi) is 6.36. The Morgan fingerprint density at radius 2 is 1.78 bits per heavy atom. The lowest BCUT2D eigenvalue weighted by atomic mass is 10.1. The Bertz CT molecular complexity index is 1260. The average Bonchev–Trinajstić information content (AvgIpc) is 3.15. The van der Waals surface area contributed by atoms with Crippen molar-refractivity contribution in [2.45, 2.75) is 6.92 Å². The van der Waals surface area contributed by atoms with Gasteiger partial charge in [0.1, 0.15) is 0 Å². The van der Waals surface area contributed by atoms with Gasteiger partial charge in [0.25, 0.3) is 0 Å². The standard InChI is InChI=1S/C25H18INO5/c1-15-5-3-4-6-19(15)24(28)31-21-12-7-16(14-22(21)30-2)13-20-25(29)32-23(27-20)17-8-10-18(26)11-9-17/h3-14H,1-2H3/b20-13-. The summed E-state index contributed by atoms with van der Waals surface area (Å²) in [6.45, 7) is 1.84. The highest BCUT2D eigenvalue weighted by molar-refractivity contribution is 14.1. The molecular formula is C25H18INO5. The smallest absolute Gasteiger partial charge is 0.363 e. The second-order valence-electron chi connectivity index (χ2n) is 6.96. The van der Waals surface area contributed by atoms with Crippen LogP contribution in [0, 0.1) is 10.5 Å². The second-order valence-corrected chi connectivity index (χ2v) is 8.20. The number of cyclic esters (lactones) is 1. The number of benzene rings is 3. The summed E-state index contributed by atoms with van der Waals surface area (Å²) in [5.74, 6) is -0.117. The minimum atomic E-state index is -0.535. The molecule has 0 saturated heterocycles. The highest BCUT2D eigenvalue weighted by atomic mass is 127. The van der Waals surface area contributed by atoms with Crippen molar-refractivity contribution >= 4 is 46.5 Å². The van der Waals surface area contributed by atoms with E-state index < -0.39 is 11.9 Å². The Morgan fingerprint density at radius 3 is 2.50 bits per heavy atom. The van der Waals surface area contributed by atoms with Gasteiger partial charge in [-0.2, -0.15) is 0 Å². The zero-order valence-electron chi connectivity index (χ0n) is 17.3. The van der Waals surface area contributed by atoms with Gasteiger partial charge in [0.2, 0.25) is 5.90 Å². The van der Waals surface area contributed by atoms with Gasteiger partial charge in [-0.05, 0) is 89.2 Å². The molecular weight excluding hydrogens is 521 g/mol. The van der Waals surface area contributed by atoms with Crippen molar-refractivity contribution in [1.82, 2.24) is 0 Å². The van der Waals surface area contributed by atoms with E-state index in [0.29, 0.717) is 16.9 Å². The molecule has 0 saturated carbocycles. The van der Waals surface area contributed by atoms with Gasteiger partial charge in [-0.3, -0.25) is 0 Å². The summed E-state index contributed by atoms with van der Waals surface area (Å²) in [5, 5.41) is 0. The molecule has 0 atom stereocenters. The summed E-state index contributed by atoms with van der Waals surface area (Å²) in [7, 11) is 1.48. The lowest BCUT2D eigenvalue weighted by Gasteiger charge is -2.11. The van der Waals surface area contributed by atoms with E-state index in [9.17, 15) is 9.59 Å². The van der Waals surface area contributed by atoms with Gasteiger partial charge < -0.3 is 14.2 Å². The first kappa shape index (κ1) is 21.8. The average molecular weight is 539 g/mol. The van der Waals surface area contributed by atoms with E-state index in [-0.39, 0.29) is 17.3 Å². The van der Waals surface area contributed by atoms with Gasteiger partial charge in [0.05, 0.1) is 12.7 Å². The van der Waals surface area contributed by atoms with Crippen LogP contribution in [0.15, 0.2) is 77.4 Å². The van der Waals surface area contributed by atoms with Crippen molar-refractivity contribution in [1.29, 1.82) is 0 Å². The number of methoxy groups -OCH3 is 1. The van der Waals surface area contributed by atoms with Crippen LogP contribution >= 0.6 is 22.6 Å². The first-order chi connectivity index (χ1) is 15.4. The number of ether oxygens (including phenoxy) is 3. The number of esters is 2. The topological polar surface area (TPSA) is 74.2 Å². The van der Waals surface area contributed by atoms with E-state index in [4.69, 9.17) is 14.2 Å². The van der Waals surface area contributed by atoms with E-state index in [1.54, 1.807) is 36.4 Å². The van der Waals surface area contributed by atoms with Crippen LogP contribution in [-0.4, -0.2) is 24.9 Å². The van der Waals surface area contributed by atoms with Crippen LogP contribution in [-0.2, 0) is 9.53 Å². The third kappa shape index (κ3) is 4.72. The van der Waals surface area contributed by atoms with Crippen molar-refractivity contribution in [3.8, 4) is 11.5 Å². The number of rotatable bonds is 5. The fourth-order valence-corrected chi connectivity index (χ4v) is 3.46. The van der Waals surface area contributed by atoms with Gasteiger partial charge in [0, 0.05) is 9.13 Å². The third-order valence-electron chi connectivity index (χ3n) is 4.77. The van der Waals surface area contributed by atoms with Crippen LogP contribution in [0.3, 0.4) is 0 Å². The van der Waals surface area contributed by atoms with E-state index in [1.165, 1.54) is 7.11 Å². The molecule has 4 rings (SSSR count). The fraction of sp³-hybridized carbons (Fsp3) is 0.0800. The second kappa shape index (κ2) is 9.35. The fourth-order valence-electron chi connectivity index (χ4n) is 3.10. The van der Waals surface area contributed by atoms with Gasteiger partial charge in [-0.1, -0.05) is 24.3 Å². The maximum absolute atomic E-state index is 12.5. The molecule has 0 amide bonds. The SMILES string of the molecule is COc1cc(/C=C2\N=C(c3ccc(I)cc3)OC2=O)ccc1OC(=O)c1ccccc1C. The summed E-state index contributed by atoms with van der Waals surface area (Å²) in [5.41, 5.74) is 2.84. The number of carbonyl (C=O) groups is 2. The van der Waals surface area contributed by atoms with E-state index in [0.717, 1.165) is 14.7 Å². The summed E-state index contributed by atoms with van der Waals surface area (Å²) in [6, 6.07) is 19.7. The quantitative estimate of drug-likeness (QED) is 0.194. The van der Waals surface area contributed by atoms with Crippen LogP contribution < -0.4 is 9.47 Å². The minimum Gasteiger partial charge on any atom is -0.493 e. The maximum Gasteiger partial charge on any atom is 0.363 e. The molecule has 0 aromatic heterocycles. The zero-order valence-corrected chi connectivity index (χ0v) is 19.5. The number of carbonyl (C=O) groups excluding carboxylic acids is 2. The molecule has 6 nitrogen and oxygen atoms in total. The number of halogens is 1. The summed E-state index contributed by atoms with van der Waals surface area (Å²) in [4.78, 5) is 29.1. The number of hydrogen-bond donors (Lipinski definition) is 0. The lowest BCUT2D eigenvalue weighted by molar-refractivity contribution is -0.129. The molecule has 3 aromatic carbocycles. The maximum atomic E-state index is 12.5. The molecule has 160 valence electrons. The largest absolute Gasteiger partial charge is 0.493 e. The Hall–Kier alpha value is -3.46. The van der Waals surface area contributed by atoms with Crippen LogP contribution in [0.5, 0.6) is 11.5 Å². The normalized spacial score (nSPS) is 14.2. The minimum absolute atomic E-state index is 0.172. The molecule has 0 fully saturated rings. The Morgan fingerprint density at radius 1 is 1.03 bits per heavy atom. The molecule has 0 bridgehead atoms. The summed E-state index contributed by atoms with van der Waals surface area (Å²) in [6.07, 6.45) is 1.59. The molecule has 7 heteroatoms. The predicted molar refractivity (Wildman–Crippen MR) is 129 cm³/mol. The highest BCUT2D eigenvalue weighted by Gasteiger charge is 2.24. The number of hydrogen-bond acceptors (Lipinski definition) is 6. The molecule has 1 aliphatic rings. The van der Waals surface area contributed by atoms with Crippen molar-refractivity contribution in [2.75, 3.05) is 7.11 Å². The predicted octanol–water partition coefficient (Wildman–Crippen LogP) is 5.17. The van der Waals surface area contributed by atoms with E-state index >= 15 is 0 Å². The molecule has 0 unspecified atom stereocenters.